The molecule has 0 aromatic carbocycles. The molecule has 1 rings (SSSR count). The summed E-state index contributed by atoms with van der Waals surface area (Å²) in [5, 5.41) is 13.6. The fraction of sp³-hybridized carbons (Fsp3) is 0.750. The summed E-state index contributed by atoms with van der Waals surface area (Å²) in [5.41, 5.74) is 3.68. The number of rotatable bonds is 3. The van der Waals surface area contributed by atoms with Gasteiger partial charge in [-0.15, -0.1) is 0 Å². The third-order valence-electron chi connectivity index (χ3n) is 2.53. The highest BCUT2D eigenvalue weighted by Crippen LogP contribution is 2.20. The molecule has 0 spiro atoms. The van der Waals surface area contributed by atoms with Crippen LogP contribution in [-0.2, 0) is 13.0 Å². The molecular formula is C12H22N2O. The molecule has 1 aromatic rings. The minimum atomic E-state index is 0.191. The lowest BCUT2D eigenvalue weighted by atomic mass is 9.97. The van der Waals surface area contributed by atoms with Crippen molar-refractivity contribution in [3.8, 4) is 0 Å². The van der Waals surface area contributed by atoms with Crippen LogP contribution in [-0.4, -0.2) is 21.5 Å². The van der Waals surface area contributed by atoms with Gasteiger partial charge in [0.15, 0.2) is 0 Å². The third kappa shape index (κ3) is 3.06. The molecule has 0 saturated carbocycles. The largest absolute Gasteiger partial charge is 0.396 e. The van der Waals surface area contributed by atoms with Gasteiger partial charge in [0.2, 0.25) is 0 Å². The van der Waals surface area contributed by atoms with Crippen LogP contribution in [0.15, 0.2) is 0 Å². The molecule has 1 heterocycles. The lowest BCUT2D eigenvalue weighted by Gasteiger charge is -2.19. The van der Waals surface area contributed by atoms with Crippen molar-refractivity contribution in [2.45, 2.75) is 47.6 Å². The molecule has 0 amide bonds. The standard InChI is InChI=1S/C12H22N2O/c1-9-10(2)13-14(8-12(3,4)5)11(9)6-7-15/h15H,6-8H2,1-5H3. The Balaban J connectivity index is 3.01. The Bertz CT molecular complexity index is 334. The normalized spacial score (nSPS) is 12.1. The maximum atomic E-state index is 9.04. The molecule has 0 bridgehead atoms. The highest BCUT2D eigenvalue weighted by Gasteiger charge is 2.17. The van der Waals surface area contributed by atoms with E-state index in [2.05, 4.69) is 32.8 Å². The van der Waals surface area contributed by atoms with E-state index in [0.717, 1.165) is 12.2 Å². The lowest BCUT2D eigenvalue weighted by molar-refractivity contribution is 0.283. The van der Waals surface area contributed by atoms with Crippen LogP contribution in [0.3, 0.4) is 0 Å². The van der Waals surface area contributed by atoms with Crippen molar-refractivity contribution in [2.75, 3.05) is 6.61 Å². The Labute approximate surface area is 92.1 Å². The summed E-state index contributed by atoms with van der Waals surface area (Å²) in [7, 11) is 0. The summed E-state index contributed by atoms with van der Waals surface area (Å²) in [4.78, 5) is 0. The van der Waals surface area contributed by atoms with Crippen LogP contribution in [0.25, 0.3) is 0 Å². The zero-order valence-corrected chi connectivity index (χ0v) is 10.5. The summed E-state index contributed by atoms with van der Waals surface area (Å²) in [6.45, 7) is 11.8. The fourth-order valence-corrected chi connectivity index (χ4v) is 1.72. The van der Waals surface area contributed by atoms with Gasteiger partial charge in [-0.25, -0.2) is 0 Å². The molecule has 15 heavy (non-hydrogen) atoms. The van der Waals surface area contributed by atoms with Gasteiger partial charge in [0.05, 0.1) is 5.69 Å². The monoisotopic (exact) mass is 210 g/mol. The predicted molar refractivity (Wildman–Crippen MR) is 61.9 cm³/mol. The SMILES string of the molecule is Cc1nn(CC(C)(C)C)c(CCO)c1C. The van der Waals surface area contributed by atoms with E-state index in [1.54, 1.807) is 0 Å². The van der Waals surface area contributed by atoms with Gasteiger partial charge in [-0.05, 0) is 24.8 Å². The number of hydrogen-bond acceptors (Lipinski definition) is 2. The van der Waals surface area contributed by atoms with Gasteiger partial charge in [0, 0.05) is 25.3 Å². The number of aromatic nitrogens is 2. The van der Waals surface area contributed by atoms with E-state index in [1.807, 2.05) is 11.6 Å². The van der Waals surface area contributed by atoms with Crippen molar-refractivity contribution in [1.82, 2.24) is 9.78 Å². The molecule has 0 radical (unpaired) electrons. The lowest BCUT2D eigenvalue weighted by Crippen LogP contribution is -2.19. The van der Waals surface area contributed by atoms with Crippen molar-refractivity contribution in [3.05, 3.63) is 17.0 Å². The van der Waals surface area contributed by atoms with Crippen LogP contribution >= 0.6 is 0 Å². The molecule has 1 N–H and O–H groups in total. The first-order valence-corrected chi connectivity index (χ1v) is 5.49. The number of hydrogen-bond donors (Lipinski definition) is 1. The van der Waals surface area contributed by atoms with Crippen LogP contribution in [0, 0.1) is 19.3 Å². The van der Waals surface area contributed by atoms with Gasteiger partial charge in [0.25, 0.3) is 0 Å². The van der Waals surface area contributed by atoms with Gasteiger partial charge in [0.1, 0.15) is 0 Å². The highest BCUT2D eigenvalue weighted by atomic mass is 16.3. The molecule has 3 nitrogen and oxygen atoms in total. The molecule has 1 aromatic heterocycles. The predicted octanol–water partition coefficient (Wildman–Crippen LogP) is 2.08. The highest BCUT2D eigenvalue weighted by molar-refractivity contribution is 5.24. The molecule has 0 aliphatic rings. The first-order chi connectivity index (χ1) is 6.85. The Morgan fingerprint density at radius 1 is 1.27 bits per heavy atom. The number of aryl methyl sites for hydroxylation is 1. The van der Waals surface area contributed by atoms with E-state index < -0.39 is 0 Å². The van der Waals surface area contributed by atoms with E-state index in [4.69, 9.17) is 5.11 Å². The average molecular weight is 210 g/mol. The van der Waals surface area contributed by atoms with Gasteiger partial charge < -0.3 is 5.11 Å². The maximum Gasteiger partial charge on any atom is 0.0625 e. The Morgan fingerprint density at radius 2 is 1.87 bits per heavy atom. The van der Waals surface area contributed by atoms with Crippen LogP contribution in [0.1, 0.15) is 37.7 Å². The number of aliphatic hydroxyl groups excluding tert-OH is 1. The summed E-state index contributed by atoms with van der Waals surface area (Å²) in [6.07, 6.45) is 0.697. The molecule has 3 heteroatoms. The minimum Gasteiger partial charge on any atom is -0.396 e. The Kier molecular flexibility index (Phi) is 3.55. The van der Waals surface area contributed by atoms with E-state index in [1.165, 1.54) is 11.3 Å². The first kappa shape index (κ1) is 12.2. The Hall–Kier alpha value is -0.830. The fourth-order valence-electron chi connectivity index (χ4n) is 1.72. The van der Waals surface area contributed by atoms with Crippen LogP contribution < -0.4 is 0 Å². The van der Waals surface area contributed by atoms with Crippen molar-refractivity contribution >= 4 is 0 Å². The quantitative estimate of drug-likeness (QED) is 0.829. The van der Waals surface area contributed by atoms with Crippen LogP contribution in [0.4, 0.5) is 0 Å². The number of aliphatic hydroxyl groups is 1. The third-order valence-corrected chi connectivity index (χ3v) is 2.53. The van der Waals surface area contributed by atoms with Crippen LogP contribution in [0.2, 0.25) is 0 Å². The second-order valence-corrected chi connectivity index (χ2v) is 5.35. The van der Waals surface area contributed by atoms with Gasteiger partial charge in [-0.1, -0.05) is 20.8 Å². The van der Waals surface area contributed by atoms with Crippen molar-refractivity contribution in [3.63, 3.8) is 0 Å². The van der Waals surface area contributed by atoms with E-state index in [9.17, 15) is 0 Å². The topological polar surface area (TPSA) is 38.0 Å². The molecule has 0 aliphatic heterocycles. The van der Waals surface area contributed by atoms with Crippen molar-refractivity contribution < 1.29 is 5.11 Å². The summed E-state index contributed by atoms with van der Waals surface area (Å²) >= 11 is 0. The van der Waals surface area contributed by atoms with Gasteiger partial charge in [-0.2, -0.15) is 5.10 Å². The molecule has 0 fully saturated rings. The van der Waals surface area contributed by atoms with Crippen molar-refractivity contribution in [1.29, 1.82) is 0 Å². The zero-order valence-electron chi connectivity index (χ0n) is 10.5. The molecule has 0 saturated heterocycles. The molecule has 0 atom stereocenters. The van der Waals surface area contributed by atoms with Crippen LogP contribution in [0.5, 0.6) is 0 Å². The molecule has 0 aliphatic carbocycles. The van der Waals surface area contributed by atoms with Gasteiger partial charge in [-0.3, -0.25) is 4.68 Å². The Morgan fingerprint density at radius 3 is 2.33 bits per heavy atom. The van der Waals surface area contributed by atoms with E-state index >= 15 is 0 Å². The average Bonchev–Trinajstić information content (AvgIpc) is 2.30. The molecule has 86 valence electrons. The van der Waals surface area contributed by atoms with E-state index in [-0.39, 0.29) is 12.0 Å². The minimum absolute atomic E-state index is 0.191. The van der Waals surface area contributed by atoms with Gasteiger partial charge >= 0.3 is 0 Å². The van der Waals surface area contributed by atoms with E-state index in [0.29, 0.717) is 6.42 Å². The second-order valence-electron chi connectivity index (χ2n) is 5.35. The smallest absolute Gasteiger partial charge is 0.0625 e. The zero-order chi connectivity index (χ0) is 11.6. The van der Waals surface area contributed by atoms with Crippen molar-refractivity contribution in [2.24, 2.45) is 5.41 Å². The maximum absolute atomic E-state index is 9.04. The molecular weight excluding hydrogens is 188 g/mol. The summed E-state index contributed by atoms with van der Waals surface area (Å²) in [5.74, 6) is 0. The summed E-state index contributed by atoms with van der Waals surface area (Å²) in [6, 6.07) is 0. The summed E-state index contributed by atoms with van der Waals surface area (Å²) < 4.78 is 2.04. The first-order valence-electron chi connectivity index (χ1n) is 5.49. The second kappa shape index (κ2) is 4.35. The number of nitrogens with zero attached hydrogens (tertiary/aromatic N) is 2. The molecule has 0 unspecified atom stereocenters.